The Morgan fingerprint density at radius 2 is 1.21 bits per heavy atom. The SMILES string of the molecule is C/C=C1/CC[C@H]2[C@@H]3[C@H](C)C[C@@H]4C[C@H](C)CC[C@]4(C)[C@H]3CC[C@]12C.C[C@@H]1CC[C@@]2(C)[C@@H](C1)C[C@@H](C)[C@@H]1[C@@H]2CC[C@]2(C)C([C@H](C)CO)=CC[C@@H]12. The summed E-state index contributed by atoms with van der Waals surface area (Å²) in [6.45, 7) is 25.6. The van der Waals surface area contributed by atoms with E-state index in [2.05, 4.69) is 81.4 Å². The summed E-state index contributed by atoms with van der Waals surface area (Å²) in [5, 5.41) is 9.76. The van der Waals surface area contributed by atoms with Gasteiger partial charge in [0.05, 0.1) is 0 Å². The number of allylic oxidation sites excluding steroid dienone is 3. The lowest BCUT2D eigenvalue weighted by Crippen LogP contribution is -2.55. The Hall–Kier alpha value is -0.560. The van der Waals surface area contributed by atoms with E-state index in [1.54, 1.807) is 11.1 Å². The summed E-state index contributed by atoms with van der Waals surface area (Å²) < 4.78 is 0. The van der Waals surface area contributed by atoms with Crippen molar-refractivity contribution in [1.29, 1.82) is 0 Å². The first kappa shape index (κ1) is 35.8. The third-order valence-corrected chi connectivity index (χ3v) is 19.2. The van der Waals surface area contributed by atoms with Gasteiger partial charge in [-0.3, -0.25) is 0 Å². The molecule has 0 saturated heterocycles. The van der Waals surface area contributed by atoms with Crippen LogP contribution in [0.25, 0.3) is 0 Å². The van der Waals surface area contributed by atoms with E-state index in [-0.39, 0.29) is 0 Å². The van der Waals surface area contributed by atoms with Crippen LogP contribution in [0.2, 0.25) is 0 Å². The molecule has 1 N–H and O–H groups in total. The molecule has 0 radical (unpaired) electrons. The molecule has 272 valence electrons. The van der Waals surface area contributed by atoms with Gasteiger partial charge in [0.1, 0.15) is 0 Å². The molecular weight excluding hydrogens is 581 g/mol. The van der Waals surface area contributed by atoms with Crippen LogP contribution in [-0.2, 0) is 0 Å². The molecule has 1 nitrogen and oxygen atoms in total. The fourth-order valence-electron chi connectivity index (χ4n) is 16.5. The Morgan fingerprint density at radius 1 is 0.688 bits per heavy atom. The molecule has 7 saturated carbocycles. The molecule has 0 aromatic carbocycles. The minimum absolute atomic E-state index is 0.315. The Morgan fingerprint density at radius 3 is 1.73 bits per heavy atom. The van der Waals surface area contributed by atoms with Crippen molar-refractivity contribution < 1.29 is 5.11 Å². The van der Waals surface area contributed by atoms with E-state index in [9.17, 15) is 5.11 Å². The molecule has 0 amide bonds. The Balaban J connectivity index is 0.000000152. The van der Waals surface area contributed by atoms with Gasteiger partial charge in [0.15, 0.2) is 0 Å². The highest BCUT2D eigenvalue weighted by molar-refractivity contribution is 5.28. The molecule has 8 aliphatic rings. The quantitative estimate of drug-likeness (QED) is 0.293. The Labute approximate surface area is 298 Å². The zero-order chi connectivity index (χ0) is 34.4. The van der Waals surface area contributed by atoms with E-state index >= 15 is 0 Å². The summed E-state index contributed by atoms with van der Waals surface area (Å²) in [6, 6.07) is 0. The first-order chi connectivity index (χ1) is 22.7. The lowest BCUT2D eigenvalue weighted by molar-refractivity contribution is -0.131. The highest BCUT2D eigenvalue weighted by Crippen LogP contribution is 2.70. The maximum atomic E-state index is 9.76. The number of fused-ring (bicyclic) bond motifs is 10. The van der Waals surface area contributed by atoms with E-state index < -0.39 is 0 Å². The molecule has 8 aliphatic carbocycles. The third kappa shape index (κ3) is 5.36. The molecule has 8 rings (SSSR count). The average molecular weight is 659 g/mol. The maximum Gasteiger partial charge on any atom is 0.0494 e. The van der Waals surface area contributed by atoms with E-state index in [1.807, 2.05) is 0 Å². The molecular formula is C47H78O. The van der Waals surface area contributed by atoms with Gasteiger partial charge in [-0.1, -0.05) is 98.5 Å². The van der Waals surface area contributed by atoms with Crippen LogP contribution in [0.4, 0.5) is 0 Å². The normalized spacial score (nSPS) is 55.5. The van der Waals surface area contributed by atoms with Crippen molar-refractivity contribution in [3.8, 4) is 0 Å². The molecule has 0 heterocycles. The maximum absolute atomic E-state index is 9.76. The minimum atomic E-state index is 0.315. The smallest absolute Gasteiger partial charge is 0.0494 e. The lowest BCUT2D eigenvalue weighted by Gasteiger charge is -2.63. The summed E-state index contributed by atoms with van der Waals surface area (Å²) in [7, 11) is 0. The standard InChI is InChI=1S/C24H40O.C23H38/c1-15-8-10-23(4)18(12-15)13-16(2)22-20-7-6-19(17(3)14-25)24(20,5)11-9-21(22)23;1-6-17-7-8-19-21-16(3)14-18-13-15(2)9-11-23(18,5)20(21)10-12-22(17,19)4/h6,15-18,20-22,25H,7-14H2,1-5H3;6,15-16,18-21H,7-14H2,1-5H3/b;17-6-/t15-,16-,17-,18+,20+,21+,22+,23+,24-;15-,16-,18+,19+,20+,21+,22-,23+/m11/s1. The summed E-state index contributed by atoms with van der Waals surface area (Å²) in [5.74, 6) is 11.8. The van der Waals surface area contributed by atoms with Gasteiger partial charge in [-0.2, -0.15) is 0 Å². The molecule has 0 unspecified atom stereocenters. The van der Waals surface area contributed by atoms with Gasteiger partial charge in [0.25, 0.3) is 0 Å². The number of rotatable bonds is 2. The van der Waals surface area contributed by atoms with E-state index in [0.29, 0.717) is 34.2 Å². The molecule has 0 aromatic heterocycles. The molecule has 0 bridgehead atoms. The zero-order valence-electron chi connectivity index (χ0n) is 33.4. The van der Waals surface area contributed by atoms with Gasteiger partial charge in [0.2, 0.25) is 0 Å². The summed E-state index contributed by atoms with van der Waals surface area (Å²) in [6.07, 6.45) is 26.9. The van der Waals surface area contributed by atoms with Crippen LogP contribution in [0.1, 0.15) is 166 Å². The van der Waals surface area contributed by atoms with Crippen LogP contribution in [0.3, 0.4) is 0 Å². The van der Waals surface area contributed by atoms with Gasteiger partial charge in [-0.15, -0.1) is 0 Å². The van der Waals surface area contributed by atoms with Gasteiger partial charge >= 0.3 is 0 Å². The van der Waals surface area contributed by atoms with Crippen molar-refractivity contribution in [3.05, 3.63) is 23.3 Å². The summed E-state index contributed by atoms with van der Waals surface area (Å²) in [5.41, 5.74) is 5.59. The van der Waals surface area contributed by atoms with Crippen molar-refractivity contribution >= 4 is 0 Å². The molecule has 17 atom stereocenters. The second-order valence-corrected chi connectivity index (χ2v) is 21.4. The molecule has 48 heavy (non-hydrogen) atoms. The monoisotopic (exact) mass is 659 g/mol. The molecule has 7 fully saturated rings. The largest absolute Gasteiger partial charge is 0.396 e. The first-order valence-corrected chi connectivity index (χ1v) is 21.7. The minimum Gasteiger partial charge on any atom is -0.396 e. The van der Waals surface area contributed by atoms with Gasteiger partial charge < -0.3 is 5.11 Å². The fraction of sp³-hybridized carbons (Fsp3) is 0.915. The predicted octanol–water partition coefficient (Wildman–Crippen LogP) is 12.9. The zero-order valence-corrected chi connectivity index (χ0v) is 33.4. The highest BCUT2D eigenvalue weighted by atomic mass is 16.3. The number of aliphatic hydroxyl groups is 1. The van der Waals surface area contributed by atoms with Crippen LogP contribution in [0.5, 0.6) is 0 Å². The first-order valence-electron chi connectivity index (χ1n) is 21.7. The van der Waals surface area contributed by atoms with Crippen molar-refractivity contribution in [2.24, 2.45) is 98.6 Å². The second-order valence-electron chi connectivity index (χ2n) is 21.4. The lowest BCUT2D eigenvalue weighted by atomic mass is 9.42. The van der Waals surface area contributed by atoms with Gasteiger partial charge in [-0.05, 0) is 183 Å². The summed E-state index contributed by atoms with van der Waals surface area (Å²) in [4.78, 5) is 0. The number of hydrogen-bond donors (Lipinski definition) is 1. The molecule has 0 spiro atoms. The van der Waals surface area contributed by atoms with E-state index in [1.165, 1.54) is 96.3 Å². The highest BCUT2D eigenvalue weighted by Gasteiger charge is 2.62. The molecule has 0 aliphatic heterocycles. The molecule has 1 heteroatoms. The van der Waals surface area contributed by atoms with Crippen LogP contribution >= 0.6 is 0 Å². The second kappa shape index (κ2) is 12.8. The van der Waals surface area contributed by atoms with Crippen LogP contribution in [-0.4, -0.2) is 11.7 Å². The van der Waals surface area contributed by atoms with Gasteiger partial charge in [0, 0.05) is 12.5 Å². The van der Waals surface area contributed by atoms with E-state index in [0.717, 1.165) is 71.0 Å². The van der Waals surface area contributed by atoms with Crippen molar-refractivity contribution in [2.45, 2.75) is 166 Å². The third-order valence-electron chi connectivity index (χ3n) is 19.2. The van der Waals surface area contributed by atoms with Crippen LogP contribution in [0, 0.1) is 98.6 Å². The van der Waals surface area contributed by atoms with Crippen LogP contribution in [0.15, 0.2) is 23.3 Å². The predicted molar refractivity (Wildman–Crippen MR) is 204 cm³/mol. The van der Waals surface area contributed by atoms with Gasteiger partial charge in [-0.25, -0.2) is 0 Å². The summed E-state index contributed by atoms with van der Waals surface area (Å²) >= 11 is 0. The topological polar surface area (TPSA) is 20.2 Å². The fourth-order valence-corrected chi connectivity index (χ4v) is 16.5. The number of aliphatic hydroxyl groups excluding tert-OH is 1. The van der Waals surface area contributed by atoms with Crippen LogP contribution < -0.4 is 0 Å². The van der Waals surface area contributed by atoms with E-state index in [4.69, 9.17) is 0 Å². The Kier molecular flexibility index (Phi) is 9.58. The number of hydrogen-bond acceptors (Lipinski definition) is 1. The molecule has 0 aromatic rings. The van der Waals surface area contributed by atoms with Crippen molar-refractivity contribution in [2.75, 3.05) is 6.61 Å². The van der Waals surface area contributed by atoms with Crippen molar-refractivity contribution in [1.82, 2.24) is 0 Å². The van der Waals surface area contributed by atoms with Crippen molar-refractivity contribution in [3.63, 3.8) is 0 Å². The Bertz CT molecular complexity index is 1240. The average Bonchev–Trinajstić information content (AvgIpc) is 3.59.